The minimum Gasteiger partial charge on any atom is -0.352 e. The second-order valence-electron chi connectivity index (χ2n) is 7.76. The fourth-order valence-corrected chi connectivity index (χ4v) is 4.54. The molecule has 3 aromatic rings. The van der Waals surface area contributed by atoms with Crippen LogP contribution in [0, 0.1) is 0 Å². The number of hydrogen-bond acceptors (Lipinski definition) is 3. The zero-order chi connectivity index (χ0) is 21.1. The van der Waals surface area contributed by atoms with Crippen molar-refractivity contribution in [2.75, 3.05) is 27.2 Å². The monoisotopic (exact) mass is 439 g/mol. The molecule has 2 atom stereocenters. The number of rotatable bonds is 7. The Morgan fingerprint density at radius 1 is 1.13 bits per heavy atom. The van der Waals surface area contributed by atoms with Crippen molar-refractivity contribution >= 4 is 28.9 Å². The topological polar surface area (TPSA) is 36.3 Å². The van der Waals surface area contributed by atoms with E-state index >= 15 is 0 Å². The summed E-state index contributed by atoms with van der Waals surface area (Å²) in [5.41, 5.74) is 3.18. The first-order valence-electron chi connectivity index (χ1n) is 10.1. The highest BCUT2D eigenvalue weighted by Crippen LogP contribution is 2.39. The third kappa shape index (κ3) is 4.36. The average Bonchev–Trinajstić information content (AvgIpc) is 3.33. The summed E-state index contributed by atoms with van der Waals surface area (Å²) < 4.78 is 2.20. The van der Waals surface area contributed by atoms with Gasteiger partial charge in [-0.25, -0.2) is 0 Å². The summed E-state index contributed by atoms with van der Waals surface area (Å²) in [6.45, 7) is 1.88. The van der Waals surface area contributed by atoms with E-state index < -0.39 is 0 Å². The van der Waals surface area contributed by atoms with Crippen molar-refractivity contribution in [3.63, 3.8) is 0 Å². The Morgan fingerprint density at radius 3 is 2.73 bits per heavy atom. The van der Waals surface area contributed by atoms with Gasteiger partial charge in [0, 0.05) is 35.3 Å². The van der Waals surface area contributed by atoms with Gasteiger partial charge in [-0.05, 0) is 81.7 Å². The van der Waals surface area contributed by atoms with Crippen LogP contribution in [0.15, 0.2) is 67.0 Å². The molecule has 1 fully saturated rings. The highest BCUT2D eigenvalue weighted by molar-refractivity contribution is 7.80. The lowest BCUT2D eigenvalue weighted by Crippen LogP contribution is -2.32. The molecule has 30 heavy (non-hydrogen) atoms. The maximum absolute atomic E-state index is 6.28. The summed E-state index contributed by atoms with van der Waals surface area (Å²) in [6.07, 6.45) is 4.94. The Hall–Kier alpha value is -2.41. The summed E-state index contributed by atoms with van der Waals surface area (Å²) in [5, 5.41) is 5.02. The van der Waals surface area contributed by atoms with Gasteiger partial charge in [0.05, 0.1) is 17.8 Å². The third-order valence-electron chi connectivity index (χ3n) is 5.37. The number of nitrogens with zero attached hydrogens (tertiary/aromatic N) is 4. The van der Waals surface area contributed by atoms with Gasteiger partial charge in [0.1, 0.15) is 0 Å². The summed E-state index contributed by atoms with van der Waals surface area (Å²) in [5.74, 6) is 0. The number of hydrogen-bond donors (Lipinski definition) is 1. The van der Waals surface area contributed by atoms with Gasteiger partial charge < -0.3 is 19.7 Å². The van der Waals surface area contributed by atoms with Crippen LogP contribution in [0.1, 0.15) is 29.9 Å². The molecule has 0 aliphatic carbocycles. The van der Waals surface area contributed by atoms with E-state index in [0.29, 0.717) is 0 Å². The second-order valence-corrected chi connectivity index (χ2v) is 8.58. The summed E-state index contributed by atoms with van der Waals surface area (Å²) in [6, 6.07) is 18.2. The van der Waals surface area contributed by atoms with Crippen LogP contribution in [0.4, 0.5) is 0 Å². The molecule has 0 radical (unpaired) electrons. The molecule has 1 aliphatic rings. The second kappa shape index (κ2) is 9.16. The number of halogens is 1. The van der Waals surface area contributed by atoms with Gasteiger partial charge in [0.25, 0.3) is 0 Å². The van der Waals surface area contributed by atoms with Crippen molar-refractivity contribution in [3.05, 3.63) is 83.4 Å². The predicted octanol–water partition coefficient (Wildman–Crippen LogP) is 4.45. The number of benzene rings is 1. The van der Waals surface area contributed by atoms with Crippen LogP contribution in [0.3, 0.4) is 0 Å². The van der Waals surface area contributed by atoms with Crippen LogP contribution in [0.5, 0.6) is 0 Å². The number of aromatic nitrogens is 2. The lowest BCUT2D eigenvalue weighted by molar-refractivity contribution is 0.286. The molecular weight excluding hydrogens is 414 g/mol. The number of thiocarbonyl (C=S) groups is 1. The SMILES string of the molecule is CN(C)CCCN1C(=S)N[C@H](c2ccccn2)[C@@H]1c1cccn1-c1cccc(Cl)c1. The molecule has 1 N–H and O–H groups in total. The number of nitrogens with one attached hydrogen (secondary N) is 1. The standard InChI is InChI=1S/C23H26ClN5S/c1-27(2)13-7-15-29-22(21(26-23(29)30)19-10-3-4-12-25-19)20-11-6-14-28(20)18-9-5-8-17(24)16-18/h3-6,8-12,14,16,21-22H,7,13,15H2,1-2H3,(H,26,30)/t21-,22+/m1/s1. The Morgan fingerprint density at radius 2 is 2.00 bits per heavy atom. The normalized spacial score (nSPS) is 18.8. The molecule has 5 nitrogen and oxygen atoms in total. The molecule has 1 saturated heterocycles. The number of pyridine rings is 1. The van der Waals surface area contributed by atoms with Gasteiger partial charge in [-0.3, -0.25) is 4.98 Å². The Kier molecular flexibility index (Phi) is 6.37. The molecule has 1 aromatic carbocycles. The van der Waals surface area contributed by atoms with Crippen LogP contribution >= 0.6 is 23.8 Å². The first kappa shape index (κ1) is 20.8. The van der Waals surface area contributed by atoms with Crippen molar-refractivity contribution in [1.29, 1.82) is 0 Å². The highest BCUT2D eigenvalue weighted by Gasteiger charge is 2.40. The van der Waals surface area contributed by atoms with E-state index in [-0.39, 0.29) is 12.1 Å². The van der Waals surface area contributed by atoms with Crippen molar-refractivity contribution in [3.8, 4) is 5.69 Å². The van der Waals surface area contributed by atoms with E-state index in [1.807, 2.05) is 36.5 Å². The van der Waals surface area contributed by atoms with Crippen molar-refractivity contribution in [2.24, 2.45) is 0 Å². The summed E-state index contributed by atoms with van der Waals surface area (Å²) in [4.78, 5) is 9.13. The van der Waals surface area contributed by atoms with E-state index in [1.54, 1.807) is 0 Å². The predicted molar refractivity (Wildman–Crippen MR) is 126 cm³/mol. The minimum atomic E-state index is -0.0223. The zero-order valence-electron chi connectivity index (χ0n) is 17.2. The molecule has 0 bridgehead atoms. The third-order valence-corrected chi connectivity index (χ3v) is 5.96. The average molecular weight is 440 g/mol. The lowest BCUT2D eigenvalue weighted by atomic mass is 10.0. The van der Waals surface area contributed by atoms with E-state index in [2.05, 4.69) is 69.2 Å². The van der Waals surface area contributed by atoms with Crippen molar-refractivity contribution in [2.45, 2.75) is 18.5 Å². The van der Waals surface area contributed by atoms with Crippen LogP contribution < -0.4 is 5.32 Å². The van der Waals surface area contributed by atoms with E-state index in [0.717, 1.165) is 46.7 Å². The van der Waals surface area contributed by atoms with E-state index in [1.165, 1.54) is 0 Å². The molecule has 3 heterocycles. The molecule has 7 heteroatoms. The van der Waals surface area contributed by atoms with Gasteiger partial charge in [-0.15, -0.1) is 0 Å². The molecule has 0 saturated carbocycles. The minimum absolute atomic E-state index is 0.0223. The first-order chi connectivity index (χ1) is 14.5. The van der Waals surface area contributed by atoms with Gasteiger partial charge in [0.15, 0.2) is 5.11 Å². The fraction of sp³-hybridized carbons (Fsp3) is 0.304. The Labute approximate surface area is 188 Å². The Bertz CT molecular complexity index is 1000. The van der Waals surface area contributed by atoms with Crippen LogP contribution in [-0.4, -0.2) is 51.6 Å². The van der Waals surface area contributed by atoms with Crippen molar-refractivity contribution < 1.29 is 0 Å². The summed E-state index contributed by atoms with van der Waals surface area (Å²) >= 11 is 12.0. The Balaban J connectivity index is 1.74. The molecule has 0 unspecified atom stereocenters. The zero-order valence-corrected chi connectivity index (χ0v) is 18.8. The molecule has 2 aromatic heterocycles. The van der Waals surface area contributed by atoms with E-state index in [4.69, 9.17) is 23.8 Å². The van der Waals surface area contributed by atoms with Gasteiger partial charge in [-0.1, -0.05) is 23.7 Å². The van der Waals surface area contributed by atoms with Crippen LogP contribution in [-0.2, 0) is 0 Å². The van der Waals surface area contributed by atoms with E-state index in [9.17, 15) is 0 Å². The van der Waals surface area contributed by atoms with Gasteiger partial charge in [-0.2, -0.15) is 0 Å². The smallest absolute Gasteiger partial charge is 0.170 e. The molecule has 156 valence electrons. The van der Waals surface area contributed by atoms with Gasteiger partial charge >= 0.3 is 0 Å². The van der Waals surface area contributed by atoms with Gasteiger partial charge in [0.2, 0.25) is 0 Å². The molecule has 0 amide bonds. The maximum Gasteiger partial charge on any atom is 0.170 e. The summed E-state index contributed by atoms with van der Waals surface area (Å²) in [7, 11) is 4.19. The highest BCUT2D eigenvalue weighted by atomic mass is 35.5. The molecule has 0 spiro atoms. The first-order valence-corrected chi connectivity index (χ1v) is 10.9. The molecule has 4 rings (SSSR count). The molecule has 1 aliphatic heterocycles. The maximum atomic E-state index is 6.28. The lowest BCUT2D eigenvalue weighted by Gasteiger charge is -2.29. The molecular formula is C23H26ClN5S. The quantitative estimate of drug-likeness (QED) is 0.550. The van der Waals surface area contributed by atoms with Crippen molar-refractivity contribution in [1.82, 2.24) is 24.7 Å². The van der Waals surface area contributed by atoms with Crippen LogP contribution in [0.2, 0.25) is 5.02 Å². The largest absolute Gasteiger partial charge is 0.352 e. The van der Waals surface area contributed by atoms with Crippen LogP contribution in [0.25, 0.3) is 5.69 Å². The fourth-order valence-electron chi connectivity index (χ4n) is 4.02.